The summed E-state index contributed by atoms with van der Waals surface area (Å²) in [6.45, 7) is 2.28. The molecular formula is C35H34O4. The van der Waals surface area contributed by atoms with Crippen LogP contribution in [0.5, 0.6) is 0 Å². The van der Waals surface area contributed by atoms with E-state index in [0.29, 0.717) is 33.0 Å². The smallest absolute Gasteiger partial charge is 0.114 e. The van der Waals surface area contributed by atoms with E-state index in [-0.39, 0.29) is 24.2 Å². The van der Waals surface area contributed by atoms with Gasteiger partial charge in [0.25, 0.3) is 0 Å². The molecule has 4 heteroatoms. The van der Waals surface area contributed by atoms with Crippen LogP contribution in [0.1, 0.15) is 22.3 Å². The van der Waals surface area contributed by atoms with E-state index in [4.69, 9.17) is 18.9 Å². The van der Waals surface area contributed by atoms with Gasteiger partial charge in [0, 0.05) is 5.56 Å². The van der Waals surface area contributed by atoms with Crippen molar-refractivity contribution < 1.29 is 18.9 Å². The molecule has 4 aromatic rings. The topological polar surface area (TPSA) is 36.9 Å². The summed E-state index contributed by atoms with van der Waals surface area (Å²) >= 11 is 0. The van der Waals surface area contributed by atoms with Crippen LogP contribution in [0.15, 0.2) is 121 Å². The fourth-order valence-electron chi connectivity index (χ4n) is 4.64. The summed E-state index contributed by atoms with van der Waals surface area (Å²) in [5.74, 6) is 6.60. The van der Waals surface area contributed by atoms with Crippen molar-refractivity contribution >= 4 is 0 Å². The standard InChI is InChI=1S/C35H34O4/c1-5-13-28(14-6-1)21-22-32-26-37-33(27-36-23-29-15-7-2-8-16-29)35(39-25-31-19-11-4-12-20-31)34(32)38-24-30-17-9-3-10-18-30/h1-20,32-35H,23-27H2/t32?,33-,34-,35+/m1/s1. The molecule has 4 atom stereocenters. The van der Waals surface area contributed by atoms with Crippen LogP contribution in [-0.4, -0.2) is 31.5 Å². The summed E-state index contributed by atoms with van der Waals surface area (Å²) < 4.78 is 25.7. The first-order chi connectivity index (χ1) is 19.3. The second-order valence-electron chi connectivity index (χ2n) is 9.64. The van der Waals surface area contributed by atoms with Gasteiger partial charge in [-0.15, -0.1) is 0 Å². The van der Waals surface area contributed by atoms with E-state index in [0.717, 1.165) is 22.3 Å². The largest absolute Gasteiger partial charge is 0.374 e. The number of rotatable bonds is 10. The second-order valence-corrected chi connectivity index (χ2v) is 9.64. The highest BCUT2D eigenvalue weighted by Gasteiger charge is 2.42. The zero-order valence-electron chi connectivity index (χ0n) is 22.0. The van der Waals surface area contributed by atoms with Gasteiger partial charge in [-0.25, -0.2) is 0 Å². The van der Waals surface area contributed by atoms with Crippen LogP contribution in [0, 0.1) is 17.8 Å². The maximum absolute atomic E-state index is 6.60. The van der Waals surface area contributed by atoms with Crippen molar-refractivity contribution in [3.63, 3.8) is 0 Å². The van der Waals surface area contributed by atoms with E-state index in [1.54, 1.807) is 0 Å². The molecule has 1 fully saturated rings. The van der Waals surface area contributed by atoms with Crippen molar-refractivity contribution in [2.24, 2.45) is 5.92 Å². The lowest BCUT2D eigenvalue weighted by atomic mass is 9.91. The van der Waals surface area contributed by atoms with Gasteiger partial charge in [-0.3, -0.25) is 0 Å². The molecular weight excluding hydrogens is 484 g/mol. The van der Waals surface area contributed by atoms with Crippen LogP contribution < -0.4 is 0 Å². The van der Waals surface area contributed by atoms with E-state index in [2.05, 4.69) is 48.2 Å². The Bertz CT molecular complexity index is 1300. The van der Waals surface area contributed by atoms with Crippen LogP contribution in [0.3, 0.4) is 0 Å². The third kappa shape index (κ3) is 8.13. The minimum absolute atomic E-state index is 0.153. The number of hydrogen-bond acceptors (Lipinski definition) is 4. The van der Waals surface area contributed by atoms with Gasteiger partial charge < -0.3 is 18.9 Å². The zero-order valence-corrected chi connectivity index (χ0v) is 22.0. The minimum Gasteiger partial charge on any atom is -0.374 e. The minimum atomic E-state index is -0.353. The lowest BCUT2D eigenvalue weighted by Crippen LogP contribution is -2.53. The molecule has 0 spiro atoms. The Morgan fingerprint density at radius 1 is 0.590 bits per heavy atom. The second kappa shape index (κ2) is 14.4. The third-order valence-electron chi connectivity index (χ3n) is 6.72. The van der Waals surface area contributed by atoms with Gasteiger partial charge in [0.05, 0.1) is 39.0 Å². The molecule has 0 N–H and O–H groups in total. The lowest BCUT2D eigenvalue weighted by Gasteiger charge is -2.40. The molecule has 1 unspecified atom stereocenters. The normalized spacial score (nSPS) is 20.6. The third-order valence-corrected chi connectivity index (χ3v) is 6.72. The monoisotopic (exact) mass is 518 g/mol. The first-order valence-electron chi connectivity index (χ1n) is 13.5. The molecule has 1 aliphatic heterocycles. The fraction of sp³-hybridized carbons (Fsp3) is 0.257. The quantitative estimate of drug-likeness (QED) is 0.226. The molecule has 0 saturated carbocycles. The number of benzene rings is 4. The van der Waals surface area contributed by atoms with E-state index >= 15 is 0 Å². The predicted octanol–water partition coefficient (Wildman–Crippen LogP) is 6.44. The SMILES string of the molecule is C(#CC1CO[C@H](COCc2ccccc2)[C@H](OCc2ccccc2)[C@@H]1OCc1ccccc1)c1ccccc1. The molecule has 1 saturated heterocycles. The van der Waals surface area contributed by atoms with Crippen LogP contribution >= 0.6 is 0 Å². The molecule has 1 aliphatic rings. The van der Waals surface area contributed by atoms with Crippen LogP contribution in [-0.2, 0) is 38.8 Å². The molecule has 1 heterocycles. The van der Waals surface area contributed by atoms with Gasteiger partial charge in [0.15, 0.2) is 0 Å². The summed E-state index contributed by atoms with van der Waals surface area (Å²) in [4.78, 5) is 0. The van der Waals surface area contributed by atoms with E-state index in [9.17, 15) is 0 Å². The summed E-state index contributed by atoms with van der Waals surface area (Å²) in [5, 5.41) is 0. The number of ether oxygens (including phenoxy) is 4. The van der Waals surface area contributed by atoms with Crippen LogP contribution in [0.25, 0.3) is 0 Å². The van der Waals surface area contributed by atoms with Crippen molar-refractivity contribution in [2.75, 3.05) is 13.2 Å². The Kier molecular flexibility index (Phi) is 9.95. The zero-order chi connectivity index (χ0) is 26.5. The molecule has 198 valence electrons. The summed E-state index contributed by atoms with van der Waals surface area (Å²) in [5.41, 5.74) is 4.30. The van der Waals surface area contributed by atoms with Crippen molar-refractivity contribution in [3.8, 4) is 11.8 Å². The van der Waals surface area contributed by atoms with Crippen LogP contribution in [0.4, 0.5) is 0 Å². The Labute approximate surface area is 231 Å². The molecule has 5 rings (SSSR count). The van der Waals surface area contributed by atoms with Crippen molar-refractivity contribution in [3.05, 3.63) is 144 Å². The van der Waals surface area contributed by atoms with E-state index in [1.165, 1.54) is 0 Å². The molecule has 0 amide bonds. The molecule has 0 bridgehead atoms. The fourth-order valence-corrected chi connectivity index (χ4v) is 4.64. The van der Waals surface area contributed by atoms with E-state index < -0.39 is 0 Å². The highest BCUT2D eigenvalue weighted by molar-refractivity contribution is 5.34. The Morgan fingerprint density at radius 2 is 1.08 bits per heavy atom. The predicted molar refractivity (Wildman–Crippen MR) is 153 cm³/mol. The molecule has 4 nitrogen and oxygen atoms in total. The van der Waals surface area contributed by atoms with Gasteiger partial charge >= 0.3 is 0 Å². The number of hydrogen-bond donors (Lipinski definition) is 0. The van der Waals surface area contributed by atoms with Gasteiger partial charge in [0.2, 0.25) is 0 Å². The molecule has 0 aromatic heterocycles. The van der Waals surface area contributed by atoms with Crippen molar-refractivity contribution in [1.82, 2.24) is 0 Å². The van der Waals surface area contributed by atoms with Gasteiger partial charge in [-0.2, -0.15) is 0 Å². The van der Waals surface area contributed by atoms with Gasteiger partial charge in [-0.1, -0.05) is 121 Å². The lowest BCUT2D eigenvalue weighted by molar-refractivity contribution is -0.210. The first kappa shape index (κ1) is 26.9. The average Bonchev–Trinajstić information content (AvgIpc) is 3.00. The maximum atomic E-state index is 6.60. The maximum Gasteiger partial charge on any atom is 0.114 e. The molecule has 0 aliphatic carbocycles. The first-order valence-corrected chi connectivity index (χ1v) is 13.5. The Morgan fingerprint density at radius 3 is 1.64 bits per heavy atom. The van der Waals surface area contributed by atoms with Crippen LogP contribution in [0.2, 0.25) is 0 Å². The Balaban J connectivity index is 1.36. The van der Waals surface area contributed by atoms with E-state index in [1.807, 2.05) is 84.9 Å². The summed E-state index contributed by atoms with van der Waals surface area (Å²) in [6.07, 6.45) is -0.925. The average molecular weight is 519 g/mol. The summed E-state index contributed by atoms with van der Waals surface area (Å²) in [6, 6.07) is 40.6. The molecule has 39 heavy (non-hydrogen) atoms. The van der Waals surface area contributed by atoms with Gasteiger partial charge in [-0.05, 0) is 28.8 Å². The van der Waals surface area contributed by atoms with Crippen molar-refractivity contribution in [2.45, 2.75) is 38.1 Å². The Hall–Kier alpha value is -3.72. The summed E-state index contributed by atoms with van der Waals surface area (Å²) in [7, 11) is 0. The highest BCUT2D eigenvalue weighted by Crippen LogP contribution is 2.28. The molecule has 0 radical (unpaired) electrons. The molecule has 4 aromatic carbocycles. The highest BCUT2D eigenvalue weighted by atomic mass is 16.6. The van der Waals surface area contributed by atoms with Gasteiger partial charge in [0.1, 0.15) is 18.3 Å². The van der Waals surface area contributed by atoms with Crippen molar-refractivity contribution in [1.29, 1.82) is 0 Å².